The fourth-order valence-corrected chi connectivity index (χ4v) is 2.85. The van der Waals surface area contributed by atoms with E-state index in [1.165, 1.54) is 23.1 Å². The molecule has 3 rings (SSSR count). The summed E-state index contributed by atoms with van der Waals surface area (Å²) in [6, 6.07) is 13.0. The van der Waals surface area contributed by atoms with Gasteiger partial charge in [-0.25, -0.2) is 4.39 Å². The topological polar surface area (TPSA) is 40.6 Å². The third-order valence-corrected chi connectivity index (χ3v) is 3.86. The number of hydrogen-bond acceptors (Lipinski definition) is 2. The molecule has 2 amide bonds. The molecule has 1 aliphatic rings. The van der Waals surface area contributed by atoms with Gasteiger partial charge in [0.15, 0.2) is 0 Å². The Morgan fingerprint density at radius 3 is 2.30 bits per heavy atom. The molecule has 23 heavy (non-hydrogen) atoms. The molecule has 0 N–H and O–H groups in total. The lowest BCUT2D eigenvalue weighted by molar-refractivity contribution is -0.117. The van der Waals surface area contributed by atoms with Gasteiger partial charge in [-0.15, -0.1) is 0 Å². The highest BCUT2D eigenvalue weighted by Gasteiger charge is 2.34. The molecule has 0 spiro atoms. The smallest absolute Gasteiger partial charge is 0.261 e. The molecule has 0 saturated heterocycles. The zero-order chi connectivity index (χ0) is 16.6. The van der Waals surface area contributed by atoms with Gasteiger partial charge in [0, 0.05) is 6.04 Å². The van der Waals surface area contributed by atoms with E-state index in [9.17, 15) is 14.0 Å². The Morgan fingerprint density at radius 1 is 1.04 bits per heavy atom. The molecule has 0 aromatic heterocycles. The quantitative estimate of drug-likeness (QED) is 0.854. The second-order valence-corrected chi connectivity index (χ2v) is 5.72. The van der Waals surface area contributed by atoms with E-state index < -0.39 is 11.7 Å². The number of rotatable bonds is 2. The first-order valence-corrected chi connectivity index (χ1v) is 7.48. The lowest BCUT2D eigenvalue weighted by Crippen LogP contribution is -2.50. The van der Waals surface area contributed by atoms with Gasteiger partial charge in [0.1, 0.15) is 12.4 Å². The second-order valence-electron chi connectivity index (χ2n) is 5.72. The summed E-state index contributed by atoms with van der Waals surface area (Å²) >= 11 is 0. The van der Waals surface area contributed by atoms with Crippen LogP contribution in [0.15, 0.2) is 48.5 Å². The first kappa shape index (κ1) is 15.2. The van der Waals surface area contributed by atoms with Crippen molar-refractivity contribution in [3.63, 3.8) is 0 Å². The van der Waals surface area contributed by atoms with E-state index in [0.717, 1.165) is 0 Å². The third kappa shape index (κ3) is 2.59. The van der Waals surface area contributed by atoms with Gasteiger partial charge in [-0.05, 0) is 38.1 Å². The molecule has 0 atom stereocenters. The highest BCUT2D eigenvalue weighted by molar-refractivity contribution is 6.16. The van der Waals surface area contributed by atoms with E-state index in [2.05, 4.69) is 0 Å². The number of carbonyl (C=O) groups excluding carboxylic acids is 2. The summed E-state index contributed by atoms with van der Waals surface area (Å²) in [7, 11) is 0. The van der Waals surface area contributed by atoms with Crippen molar-refractivity contribution in [1.82, 2.24) is 0 Å². The lowest BCUT2D eigenvalue weighted by atomic mass is 10.1. The monoisotopic (exact) mass is 312 g/mol. The van der Waals surface area contributed by atoms with Crippen molar-refractivity contribution < 1.29 is 14.0 Å². The average Bonchev–Trinajstić information content (AvgIpc) is 2.53. The van der Waals surface area contributed by atoms with Crippen molar-refractivity contribution in [1.29, 1.82) is 0 Å². The van der Waals surface area contributed by atoms with Crippen molar-refractivity contribution in [3.05, 3.63) is 59.9 Å². The molecule has 0 saturated carbocycles. The number of hydrogen-bond donors (Lipinski definition) is 0. The molecule has 0 fully saturated rings. The normalized spacial score (nSPS) is 14.2. The molecule has 2 aromatic carbocycles. The van der Waals surface area contributed by atoms with Crippen molar-refractivity contribution >= 4 is 23.2 Å². The summed E-state index contributed by atoms with van der Waals surface area (Å²) in [6.45, 7) is 3.74. The van der Waals surface area contributed by atoms with E-state index in [-0.39, 0.29) is 24.1 Å². The second kappa shape index (κ2) is 5.83. The summed E-state index contributed by atoms with van der Waals surface area (Å²) in [5.74, 6) is -1.27. The predicted molar refractivity (Wildman–Crippen MR) is 87.1 cm³/mol. The Morgan fingerprint density at radius 2 is 1.65 bits per heavy atom. The van der Waals surface area contributed by atoms with Gasteiger partial charge in [0.25, 0.3) is 5.91 Å². The minimum atomic E-state index is -0.589. The SMILES string of the molecule is CC(C)N1C(=O)CN(C(=O)c2ccccc2F)c2ccccc21. The van der Waals surface area contributed by atoms with Crippen LogP contribution in [0.5, 0.6) is 0 Å². The van der Waals surface area contributed by atoms with Crippen LogP contribution in [-0.2, 0) is 4.79 Å². The molecule has 1 aliphatic heterocycles. The highest BCUT2D eigenvalue weighted by Crippen LogP contribution is 2.35. The number of benzene rings is 2. The fourth-order valence-electron chi connectivity index (χ4n) is 2.85. The number of nitrogens with zero attached hydrogens (tertiary/aromatic N) is 2. The number of anilines is 2. The van der Waals surface area contributed by atoms with Crippen LogP contribution in [0, 0.1) is 5.82 Å². The standard InChI is InChI=1S/C18H17FN2O2/c1-12(2)21-16-10-6-5-9-15(16)20(11-17(21)22)18(23)13-7-3-4-8-14(13)19/h3-10,12H,11H2,1-2H3. The van der Waals surface area contributed by atoms with E-state index in [1.807, 2.05) is 19.9 Å². The largest absolute Gasteiger partial charge is 0.306 e. The van der Waals surface area contributed by atoms with Gasteiger partial charge in [-0.3, -0.25) is 14.5 Å². The number of carbonyl (C=O) groups is 2. The molecule has 118 valence electrons. The Labute approximate surface area is 134 Å². The molecular formula is C18H17FN2O2. The fraction of sp³-hybridized carbons (Fsp3) is 0.222. The summed E-state index contributed by atoms with van der Waals surface area (Å²) < 4.78 is 13.9. The summed E-state index contributed by atoms with van der Waals surface area (Å²) in [5, 5.41) is 0. The van der Waals surface area contributed by atoms with Gasteiger partial charge < -0.3 is 4.90 Å². The number of para-hydroxylation sites is 2. The Bertz CT molecular complexity index is 773. The first-order valence-electron chi connectivity index (χ1n) is 7.48. The minimum Gasteiger partial charge on any atom is -0.306 e. The van der Waals surface area contributed by atoms with Gasteiger partial charge in [0.05, 0.1) is 16.9 Å². The molecular weight excluding hydrogens is 295 g/mol. The van der Waals surface area contributed by atoms with E-state index in [1.54, 1.807) is 29.2 Å². The third-order valence-electron chi connectivity index (χ3n) is 3.86. The van der Waals surface area contributed by atoms with Gasteiger partial charge in [-0.1, -0.05) is 24.3 Å². The summed E-state index contributed by atoms with van der Waals surface area (Å²) in [4.78, 5) is 28.2. The number of fused-ring (bicyclic) bond motifs is 1. The Hall–Kier alpha value is -2.69. The average molecular weight is 312 g/mol. The van der Waals surface area contributed by atoms with Gasteiger partial charge in [0.2, 0.25) is 5.91 Å². The molecule has 0 bridgehead atoms. The van der Waals surface area contributed by atoms with Crippen LogP contribution in [0.1, 0.15) is 24.2 Å². The van der Waals surface area contributed by atoms with Crippen LogP contribution >= 0.6 is 0 Å². The highest BCUT2D eigenvalue weighted by atomic mass is 19.1. The molecule has 2 aromatic rings. The lowest BCUT2D eigenvalue weighted by Gasteiger charge is -2.38. The van der Waals surface area contributed by atoms with Crippen molar-refractivity contribution in [2.75, 3.05) is 16.3 Å². The molecule has 0 aliphatic carbocycles. The van der Waals surface area contributed by atoms with E-state index in [0.29, 0.717) is 11.4 Å². The predicted octanol–water partition coefficient (Wildman–Crippen LogP) is 3.23. The molecule has 4 nitrogen and oxygen atoms in total. The maximum absolute atomic E-state index is 13.9. The van der Waals surface area contributed by atoms with E-state index in [4.69, 9.17) is 0 Å². The maximum Gasteiger partial charge on any atom is 0.261 e. The molecule has 0 unspecified atom stereocenters. The van der Waals surface area contributed by atoms with Crippen LogP contribution < -0.4 is 9.80 Å². The molecule has 5 heteroatoms. The van der Waals surface area contributed by atoms with E-state index >= 15 is 0 Å². The van der Waals surface area contributed by atoms with Crippen molar-refractivity contribution in [2.45, 2.75) is 19.9 Å². The Balaban J connectivity index is 2.08. The van der Waals surface area contributed by atoms with Crippen LogP contribution in [0.4, 0.5) is 15.8 Å². The van der Waals surface area contributed by atoms with Crippen molar-refractivity contribution in [2.24, 2.45) is 0 Å². The molecule has 1 heterocycles. The van der Waals surface area contributed by atoms with Crippen LogP contribution in [-0.4, -0.2) is 24.4 Å². The van der Waals surface area contributed by atoms with Crippen LogP contribution in [0.25, 0.3) is 0 Å². The number of amides is 2. The van der Waals surface area contributed by atoms with Crippen LogP contribution in [0.2, 0.25) is 0 Å². The van der Waals surface area contributed by atoms with Crippen molar-refractivity contribution in [3.8, 4) is 0 Å². The summed E-state index contributed by atoms with van der Waals surface area (Å²) in [6.07, 6.45) is 0. The summed E-state index contributed by atoms with van der Waals surface area (Å²) in [5.41, 5.74) is 1.26. The minimum absolute atomic E-state index is 0.0191. The van der Waals surface area contributed by atoms with Gasteiger partial charge in [-0.2, -0.15) is 0 Å². The van der Waals surface area contributed by atoms with Crippen LogP contribution in [0.3, 0.4) is 0 Å². The zero-order valence-electron chi connectivity index (χ0n) is 13.0. The number of halogens is 1. The first-order chi connectivity index (χ1) is 11.0. The molecule has 0 radical (unpaired) electrons. The maximum atomic E-state index is 13.9. The Kier molecular flexibility index (Phi) is 3.86. The zero-order valence-corrected chi connectivity index (χ0v) is 13.0. The van der Waals surface area contributed by atoms with Gasteiger partial charge >= 0.3 is 0 Å².